The normalized spacial score (nSPS) is 15.1. The maximum absolute atomic E-state index is 12.3. The van der Waals surface area contributed by atoms with Gasteiger partial charge in [-0.2, -0.15) is 5.10 Å². The number of anilines is 2. The number of carbonyl (C=O) groups is 1. The zero-order chi connectivity index (χ0) is 16.6. The van der Waals surface area contributed by atoms with Crippen molar-refractivity contribution in [1.29, 1.82) is 0 Å². The maximum Gasteiger partial charge on any atom is 0.224 e. The molecule has 0 aliphatic carbocycles. The second-order valence-corrected chi connectivity index (χ2v) is 6.23. The van der Waals surface area contributed by atoms with Gasteiger partial charge in [0, 0.05) is 26.1 Å². The first-order valence-electron chi connectivity index (χ1n) is 8.79. The molecule has 0 saturated carbocycles. The molecule has 6 nitrogen and oxygen atoms in total. The Labute approximate surface area is 142 Å². The minimum atomic E-state index is 0.0531. The number of para-hydroxylation sites is 2. The minimum Gasteiger partial charge on any atom is -0.370 e. The van der Waals surface area contributed by atoms with Gasteiger partial charge in [-0.25, -0.2) is 4.98 Å². The van der Waals surface area contributed by atoms with E-state index in [1.165, 1.54) is 32.0 Å². The Morgan fingerprint density at radius 2 is 1.92 bits per heavy atom. The lowest BCUT2D eigenvalue weighted by atomic mass is 10.2. The fraction of sp³-hybridized carbons (Fsp3) is 0.500. The van der Waals surface area contributed by atoms with Gasteiger partial charge >= 0.3 is 0 Å². The van der Waals surface area contributed by atoms with Crippen molar-refractivity contribution in [2.75, 3.05) is 23.3 Å². The highest BCUT2D eigenvalue weighted by atomic mass is 16.1. The predicted octanol–water partition coefficient (Wildman–Crippen LogP) is 3.08. The Balaban J connectivity index is 1.56. The molecule has 1 aliphatic heterocycles. The Kier molecular flexibility index (Phi) is 5.82. The van der Waals surface area contributed by atoms with Crippen LogP contribution in [0.15, 0.2) is 36.9 Å². The summed E-state index contributed by atoms with van der Waals surface area (Å²) in [7, 11) is 0. The summed E-state index contributed by atoms with van der Waals surface area (Å²) in [5, 5.41) is 7.13. The lowest BCUT2D eigenvalue weighted by Crippen LogP contribution is -2.25. The van der Waals surface area contributed by atoms with Crippen molar-refractivity contribution in [2.45, 2.75) is 45.1 Å². The van der Waals surface area contributed by atoms with Crippen molar-refractivity contribution >= 4 is 17.3 Å². The fourth-order valence-electron chi connectivity index (χ4n) is 3.13. The molecule has 0 bridgehead atoms. The molecule has 1 amide bonds. The zero-order valence-corrected chi connectivity index (χ0v) is 14.0. The van der Waals surface area contributed by atoms with E-state index >= 15 is 0 Å². The summed E-state index contributed by atoms with van der Waals surface area (Å²) in [6, 6.07) is 8.12. The van der Waals surface area contributed by atoms with E-state index in [0.717, 1.165) is 30.9 Å². The molecule has 2 heterocycles. The van der Waals surface area contributed by atoms with E-state index in [-0.39, 0.29) is 5.91 Å². The number of aromatic nitrogens is 3. The van der Waals surface area contributed by atoms with Crippen molar-refractivity contribution in [3.63, 3.8) is 0 Å². The highest BCUT2D eigenvalue weighted by Gasteiger charge is 2.14. The quantitative estimate of drug-likeness (QED) is 0.885. The van der Waals surface area contributed by atoms with Crippen LogP contribution in [0.2, 0.25) is 0 Å². The molecule has 3 rings (SSSR count). The van der Waals surface area contributed by atoms with Crippen molar-refractivity contribution in [3.8, 4) is 0 Å². The molecule has 0 unspecified atom stereocenters. The number of carbonyl (C=O) groups excluding carboxylic acids is 1. The lowest BCUT2D eigenvalue weighted by Gasteiger charge is -2.25. The number of rotatable bonds is 6. The van der Waals surface area contributed by atoms with Crippen LogP contribution in [-0.2, 0) is 11.3 Å². The van der Waals surface area contributed by atoms with E-state index in [4.69, 9.17) is 0 Å². The van der Waals surface area contributed by atoms with Gasteiger partial charge < -0.3 is 10.2 Å². The molecule has 1 aliphatic rings. The number of aryl methyl sites for hydroxylation is 1. The molecule has 0 atom stereocenters. The van der Waals surface area contributed by atoms with E-state index in [9.17, 15) is 4.79 Å². The Morgan fingerprint density at radius 3 is 2.67 bits per heavy atom. The van der Waals surface area contributed by atoms with Crippen LogP contribution in [0.4, 0.5) is 11.4 Å². The van der Waals surface area contributed by atoms with E-state index in [0.29, 0.717) is 13.0 Å². The first kappa shape index (κ1) is 16.5. The van der Waals surface area contributed by atoms with Crippen molar-refractivity contribution in [1.82, 2.24) is 14.8 Å². The molecule has 6 heteroatoms. The number of amides is 1. The summed E-state index contributed by atoms with van der Waals surface area (Å²) in [4.78, 5) is 18.6. The van der Waals surface area contributed by atoms with Gasteiger partial charge in [0.2, 0.25) is 5.91 Å². The average molecular weight is 327 g/mol. The third kappa shape index (κ3) is 4.57. The fourth-order valence-corrected chi connectivity index (χ4v) is 3.13. The van der Waals surface area contributed by atoms with Crippen LogP contribution in [0.5, 0.6) is 0 Å². The van der Waals surface area contributed by atoms with Crippen LogP contribution in [0.25, 0.3) is 0 Å². The van der Waals surface area contributed by atoms with E-state index < -0.39 is 0 Å². The highest BCUT2D eigenvalue weighted by molar-refractivity contribution is 5.94. The maximum atomic E-state index is 12.3. The Bertz CT molecular complexity index is 633. The summed E-state index contributed by atoms with van der Waals surface area (Å²) in [5.74, 6) is 0.0531. The molecule has 24 heavy (non-hydrogen) atoms. The van der Waals surface area contributed by atoms with Crippen LogP contribution in [-0.4, -0.2) is 33.8 Å². The number of nitrogens with zero attached hydrogens (tertiary/aromatic N) is 4. The van der Waals surface area contributed by atoms with Crippen LogP contribution >= 0.6 is 0 Å². The standard InChI is InChI=1S/C18H25N5O/c24-18(10-7-13-23-15-19-14-20-23)21-16-8-3-4-9-17(16)22-11-5-1-2-6-12-22/h3-4,8-9,14-15H,1-2,5-7,10-13H2,(H,21,24). The second kappa shape index (κ2) is 8.47. The number of nitrogens with one attached hydrogen (secondary N) is 1. The van der Waals surface area contributed by atoms with E-state index in [1.807, 2.05) is 18.2 Å². The Morgan fingerprint density at radius 1 is 1.12 bits per heavy atom. The van der Waals surface area contributed by atoms with Crippen LogP contribution in [0, 0.1) is 0 Å². The molecule has 0 spiro atoms. The Hall–Kier alpha value is -2.37. The van der Waals surface area contributed by atoms with E-state index in [1.54, 1.807) is 11.0 Å². The summed E-state index contributed by atoms with van der Waals surface area (Å²) in [6.45, 7) is 2.85. The first-order chi connectivity index (χ1) is 11.8. The highest BCUT2D eigenvalue weighted by Crippen LogP contribution is 2.28. The van der Waals surface area contributed by atoms with Crippen LogP contribution in [0.1, 0.15) is 38.5 Å². The summed E-state index contributed by atoms with van der Waals surface area (Å²) >= 11 is 0. The first-order valence-corrected chi connectivity index (χ1v) is 8.79. The van der Waals surface area contributed by atoms with Crippen LogP contribution in [0.3, 0.4) is 0 Å². The number of hydrogen-bond acceptors (Lipinski definition) is 4. The third-order valence-corrected chi connectivity index (χ3v) is 4.38. The van der Waals surface area contributed by atoms with Gasteiger partial charge in [0.15, 0.2) is 0 Å². The molecule has 1 fully saturated rings. The van der Waals surface area contributed by atoms with Crippen molar-refractivity contribution < 1.29 is 4.79 Å². The average Bonchev–Trinajstić information content (AvgIpc) is 2.96. The molecule has 1 N–H and O–H groups in total. The summed E-state index contributed by atoms with van der Waals surface area (Å²) in [6.07, 6.45) is 9.46. The summed E-state index contributed by atoms with van der Waals surface area (Å²) < 4.78 is 1.75. The largest absolute Gasteiger partial charge is 0.370 e. The molecular weight excluding hydrogens is 302 g/mol. The zero-order valence-electron chi connectivity index (χ0n) is 14.0. The van der Waals surface area contributed by atoms with Gasteiger partial charge in [0.1, 0.15) is 12.7 Å². The van der Waals surface area contributed by atoms with Gasteiger partial charge in [-0.3, -0.25) is 9.48 Å². The molecular formula is C18H25N5O. The molecule has 1 aromatic heterocycles. The van der Waals surface area contributed by atoms with Gasteiger partial charge in [-0.15, -0.1) is 0 Å². The number of hydrogen-bond donors (Lipinski definition) is 1. The van der Waals surface area contributed by atoms with Crippen molar-refractivity contribution in [2.24, 2.45) is 0 Å². The predicted molar refractivity (Wildman–Crippen MR) is 95.0 cm³/mol. The number of benzene rings is 1. The molecule has 1 aromatic carbocycles. The summed E-state index contributed by atoms with van der Waals surface area (Å²) in [5.41, 5.74) is 2.06. The molecule has 128 valence electrons. The van der Waals surface area contributed by atoms with Gasteiger partial charge in [0.25, 0.3) is 0 Å². The minimum absolute atomic E-state index is 0.0531. The molecule has 0 radical (unpaired) electrons. The molecule has 1 saturated heterocycles. The topological polar surface area (TPSA) is 63.1 Å². The smallest absolute Gasteiger partial charge is 0.224 e. The van der Waals surface area contributed by atoms with E-state index in [2.05, 4.69) is 26.4 Å². The third-order valence-electron chi connectivity index (χ3n) is 4.38. The lowest BCUT2D eigenvalue weighted by molar-refractivity contribution is -0.116. The van der Waals surface area contributed by atoms with Gasteiger partial charge in [0.05, 0.1) is 11.4 Å². The monoisotopic (exact) mass is 327 g/mol. The molecule has 2 aromatic rings. The van der Waals surface area contributed by atoms with Gasteiger partial charge in [-0.05, 0) is 31.4 Å². The van der Waals surface area contributed by atoms with Crippen molar-refractivity contribution in [3.05, 3.63) is 36.9 Å². The van der Waals surface area contributed by atoms with Crippen LogP contribution < -0.4 is 10.2 Å². The second-order valence-electron chi connectivity index (χ2n) is 6.23. The SMILES string of the molecule is O=C(CCCn1cncn1)Nc1ccccc1N1CCCCCC1. The van der Waals surface area contributed by atoms with Gasteiger partial charge in [-0.1, -0.05) is 25.0 Å².